The van der Waals surface area contributed by atoms with Crippen molar-refractivity contribution in [1.29, 1.82) is 0 Å². The molecule has 20 heavy (non-hydrogen) atoms. The van der Waals surface area contributed by atoms with E-state index in [1.165, 1.54) is 24.3 Å². The summed E-state index contributed by atoms with van der Waals surface area (Å²) in [5, 5.41) is 8.77. The number of ether oxygens (including phenoxy) is 1. The number of carboxylic acid groups (broad SMARTS) is 1. The quantitative estimate of drug-likeness (QED) is 0.533. The van der Waals surface area contributed by atoms with Crippen LogP contribution in [0.5, 0.6) is 5.75 Å². The second-order valence-electron chi connectivity index (χ2n) is 4.05. The Labute approximate surface area is 120 Å². The topological polar surface area (TPSA) is 63.6 Å². The zero-order valence-electron chi connectivity index (χ0n) is 10.4. The summed E-state index contributed by atoms with van der Waals surface area (Å²) >= 11 is 5.66. The van der Waals surface area contributed by atoms with Crippen molar-refractivity contribution >= 4 is 23.5 Å². The number of hydrogen-bond acceptors (Lipinski definition) is 3. The lowest BCUT2D eigenvalue weighted by molar-refractivity contribution is 0.0696. The van der Waals surface area contributed by atoms with Crippen molar-refractivity contribution in [2.75, 3.05) is 0 Å². The minimum Gasteiger partial charge on any atom is -0.478 e. The number of carbonyl (C=O) groups excluding carboxylic acids is 1. The van der Waals surface area contributed by atoms with Crippen LogP contribution in [-0.4, -0.2) is 17.0 Å². The molecule has 0 unspecified atom stereocenters. The molecule has 5 heteroatoms. The Bertz CT molecular complexity index is 617. The van der Waals surface area contributed by atoms with Gasteiger partial charge in [-0.1, -0.05) is 12.1 Å². The molecule has 2 aromatic rings. The Morgan fingerprint density at radius 2 is 1.50 bits per heavy atom. The fraction of sp³-hybridized carbons (Fsp3) is 0.0667. The van der Waals surface area contributed by atoms with Crippen LogP contribution in [0.1, 0.15) is 26.3 Å². The van der Waals surface area contributed by atoms with Crippen LogP contribution >= 0.6 is 11.6 Å². The number of rotatable bonds is 4. The normalized spacial score (nSPS) is 10.1. The van der Waals surface area contributed by atoms with E-state index in [0.717, 1.165) is 5.56 Å². The van der Waals surface area contributed by atoms with E-state index in [1.54, 1.807) is 24.3 Å². The fourth-order valence-corrected chi connectivity index (χ4v) is 1.74. The van der Waals surface area contributed by atoms with Crippen LogP contribution in [0.4, 0.5) is 0 Å². The van der Waals surface area contributed by atoms with E-state index in [1.807, 2.05) is 0 Å². The van der Waals surface area contributed by atoms with Crippen molar-refractivity contribution in [1.82, 2.24) is 0 Å². The van der Waals surface area contributed by atoms with Crippen molar-refractivity contribution in [3.63, 3.8) is 0 Å². The minimum absolute atomic E-state index is 0.135. The Balaban J connectivity index is 2.08. The molecule has 0 saturated heterocycles. The number of benzene rings is 2. The van der Waals surface area contributed by atoms with Gasteiger partial charge >= 0.3 is 11.9 Å². The van der Waals surface area contributed by atoms with E-state index in [4.69, 9.17) is 21.4 Å². The summed E-state index contributed by atoms with van der Waals surface area (Å²) in [7, 11) is 0. The van der Waals surface area contributed by atoms with E-state index < -0.39 is 11.9 Å². The van der Waals surface area contributed by atoms with Gasteiger partial charge in [-0.15, -0.1) is 11.6 Å². The van der Waals surface area contributed by atoms with Crippen LogP contribution < -0.4 is 4.74 Å². The molecule has 0 aliphatic rings. The molecule has 2 aromatic carbocycles. The van der Waals surface area contributed by atoms with Gasteiger partial charge in [0.2, 0.25) is 0 Å². The second kappa shape index (κ2) is 6.21. The summed E-state index contributed by atoms with van der Waals surface area (Å²) in [6.07, 6.45) is 0. The molecule has 0 aliphatic carbocycles. The number of halogens is 1. The van der Waals surface area contributed by atoms with Gasteiger partial charge in [-0.2, -0.15) is 0 Å². The van der Waals surface area contributed by atoms with Gasteiger partial charge in [-0.3, -0.25) is 0 Å². The number of hydrogen-bond donors (Lipinski definition) is 1. The van der Waals surface area contributed by atoms with E-state index in [0.29, 0.717) is 17.2 Å². The summed E-state index contributed by atoms with van der Waals surface area (Å²) in [5.41, 5.74) is 1.45. The third-order valence-electron chi connectivity index (χ3n) is 2.66. The van der Waals surface area contributed by atoms with Gasteiger partial charge in [0.05, 0.1) is 11.1 Å². The van der Waals surface area contributed by atoms with Crippen LogP contribution in [0.3, 0.4) is 0 Å². The molecule has 0 bridgehead atoms. The molecular weight excluding hydrogens is 280 g/mol. The maximum Gasteiger partial charge on any atom is 0.343 e. The van der Waals surface area contributed by atoms with Gasteiger partial charge in [-0.25, -0.2) is 9.59 Å². The van der Waals surface area contributed by atoms with Gasteiger partial charge in [-0.05, 0) is 42.0 Å². The molecule has 0 atom stereocenters. The molecule has 2 rings (SSSR count). The molecule has 0 heterocycles. The monoisotopic (exact) mass is 290 g/mol. The van der Waals surface area contributed by atoms with E-state index >= 15 is 0 Å². The Kier molecular flexibility index (Phi) is 4.38. The maximum atomic E-state index is 11.9. The Morgan fingerprint density at radius 1 is 0.950 bits per heavy atom. The number of carboxylic acids is 1. The minimum atomic E-state index is -1.03. The largest absolute Gasteiger partial charge is 0.478 e. The van der Waals surface area contributed by atoms with Crippen molar-refractivity contribution in [3.05, 3.63) is 65.2 Å². The lowest BCUT2D eigenvalue weighted by Crippen LogP contribution is -2.08. The lowest BCUT2D eigenvalue weighted by atomic mass is 10.1. The molecule has 102 valence electrons. The van der Waals surface area contributed by atoms with Crippen LogP contribution in [0.2, 0.25) is 0 Å². The summed E-state index contributed by atoms with van der Waals surface area (Å²) in [5.74, 6) is -0.860. The zero-order valence-corrected chi connectivity index (χ0v) is 11.1. The molecule has 4 nitrogen and oxygen atoms in total. The first-order valence-electron chi connectivity index (χ1n) is 5.80. The predicted octanol–water partition coefficient (Wildman–Crippen LogP) is 3.34. The fourth-order valence-electron chi connectivity index (χ4n) is 1.56. The van der Waals surface area contributed by atoms with Crippen LogP contribution in [-0.2, 0) is 5.88 Å². The molecule has 0 fully saturated rings. The average Bonchev–Trinajstić information content (AvgIpc) is 2.48. The van der Waals surface area contributed by atoms with Gasteiger partial charge in [0.15, 0.2) is 0 Å². The average molecular weight is 291 g/mol. The Morgan fingerprint density at radius 3 is 2.00 bits per heavy atom. The molecule has 1 N–H and O–H groups in total. The number of alkyl halides is 1. The van der Waals surface area contributed by atoms with Crippen LogP contribution in [0.15, 0.2) is 48.5 Å². The highest BCUT2D eigenvalue weighted by Crippen LogP contribution is 2.15. The molecule has 0 aromatic heterocycles. The second-order valence-corrected chi connectivity index (χ2v) is 4.32. The highest BCUT2D eigenvalue weighted by Gasteiger charge is 2.09. The van der Waals surface area contributed by atoms with Gasteiger partial charge < -0.3 is 9.84 Å². The van der Waals surface area contributed by atoms with Gasteiger partial charge in [0, 0.05) is 5.88 Å². The van der Waals surface area contributed by atoms with Gasteiger partial charge in [0.25, 0.3) is 0 Å². The first kappa shape index (κ1) is 14.1. The SMILES string of the molecule is O=C(O)c1ccc(OC(=O)c2ccc(CCl)cc2)cc1. The zero-order chi connectivity index (χ0) is 14.5. The van der Waals surface area contributed by atoms with E-state index in [-0.39, 0.29) is 5.56 Å². The smallest absolute Gasteiger partial charge is 0.343 e. The lowest BCUT2D eigenvalue weighted by Gasteiger charge is -2.05. The van der Waals surface area contributed by atoms with E-state index in [9.17, 15) is 9.59 Å². The molecule has 0 radical (unpaired) electrons. The molecular formula is C15H11ClO4. The summed E-state index contributed by atoms with van der Waals surface area (Å²) < 4.78 is 5.14. The Hall–Kier alpha value is -2.33. The van der Waals surface area contributed by atoms with Gasteiger partial charge in [0.1, 0.15) is 5.75 Å². The third-order valence-corrected chi connectivity index (χ3v) is 2.96. The highest BCUT2D eigenvalue weighted by molar-refractivity contribution is 6.17. The molecule has 0 saturated carbocycles. The molecule has 0 spiro atoms. The summed E-state index contributed by atoms with van der Waals surface area (Å²) in [4.78, 5) is 22.6. The first-order valence-corrected chi connectivity index (χ1v) is 6.34. The first-order chi connectivity index (χ1) is 9.60. The van der Waals surface area contributed by atoms with E-state index in [2.05, 4.69) is 0 Å². The van der Waals surface area contributed by atoms with Crippen molar-refractivity contribution < 1.29 is 19.4 Å². The maximum absolute atomic E-state index is 11.9. The standard InChI is InChI=1S/C15H11ClO4/c16-9-10-1-3-12(4-2-10)15(19)20-13-7-5-11(6-8-13)14(17)18/h1-8H,9H2,(H,17,18). The van der Waals surface area contributed by atoms with Crippen LogP contribution in [0.25, 0.3) is 0 Å². The number of esters is 1. The molecule has 0 aliphatic heterocycles. The number of carbonyl (C=O) groups is 2. The molecule has 0 amide bonds. The van der Waals surface area contributed by atoms with Crippen molar-refractivity contribution in [2.45, 2.75) is 5.88 Å². The number of aromatic carboxylic acids is 1. The predicted molar refractivity (Wildman–Crippen MR) is 74.4 cm³/mol. The van der Waals surface area contributed by atoms with Crippen molar-refractivity contribution in [3.8, 4) is 5.75 Å². The van der Waals surface area contributed by atoms with Crippen LogP contribution in [0, 0.1) is 0 Å². The van der Waals surface area contributed by atoms with Crippen molar-refractivity contribution in [2.24, 2.45) is 0 Å². The highest BCUT2D eigenvalue weighted by atomic mass is 35.5. The summed E-state index contributed by atoms with van der Waals surface area (Å²) in [6, 6.07) is 12.4. The summed E-state index contributed by atoms with van der Waals surface area (Å²) in [6.45, 7) is 0. The third kappa shape index (κ3) is 3.36.